The fourth-order valence-electron chi connectivity index (χ4n) is 5.62. The predicted octanol–water partition coefficient (Wildman–Crippen LogP) is 5.97. The standard InChI is InChI=1S/C31H40F6N6O3/c1-29(2,3)46-28(45)39-15-11-21-12-17-42(18-13-21)24-19-25(41-27(40-24)31(35,36)37)43-16-4-5-23(43)26(44)38-14-10-20-6-8-22(9-7-20)30(32,33)34/h6-9,19,21,23H,4-5,10-18H2,1-3H3,(H,38,44)(H,39,45)/t23-/m0/s1. The summed E-state index contributed by atoms with van der Waals surface area (Å²) in [6.45, 7) is 7.19. The van der Waals surface area contributed by atoms with Gasteiger partial charge in [0.2, 0.25) is 11.7 Å². The van der Waals surface area contributed by atoms with Crippen molar-refractivity contribution < 1.29 is 40.7 Å². The first kappa shape index (κ1) is 35.1. The number of rotatable bonds is 9. The highest BCUT2D eigenvalue weighted by molar-refractivity contribution is 5.85. The van der Waals surface area contributed by atoms with E-state index < -0.39 is 41.5 Å². The highest BCUT2D eigenvalue weighted by Gasteiger charge is 2.39. The molecule has 0 aliphatic carbocycles. The van der Waals surface area contributed by atoms with Crippen LogP contribution in [0.15, 0.2) is 30.3 Å². The highest BCUT2D eigenvalue weighted by Crippen LogP contribution is 2.34. The van der Waals surface area contributed by atoms with Crippen molar-refractivity contribution in [1.82, 2.24) is 20.6 Å². The lowest BCUT2D eigenvalue weighted by Crippen LogP contribution is -2.44. The zero-order valence-corrected chi connectivity index (χ0v) is 26.1. The number of nitrogens with zero attached hydrogens (tertiary/aromatic N) is 4. The molecule has 0 spiro atoms. The van der Waals surface area contributed by atoms with E-state index in [-0.39, 0.29) is 30.0 Å². The molecule has 2 saturated heterocycles. The Balaban J connectivity index is 1.36. The molecular weight excluding hydrogens is 618 g/mol. The van der Waals surface area contributed by atoms with Crippen molar-refractivity contribution in [3.05, 3.63) is 47.3 Å². The normalized spacial score (nSPS) is 18.1. The van der Waals surface area contributed by atoms with Crippen LogP contribution in [0.5, 0.6) is 0 Å². The molecule has 0 radical (unpaired) electrons. The summed E-state index contributed by atoms with van der Waals surface area (Å²) in [7, 11) is 0. The molecule has 2 N–H and O–H groups in total. The number of ether oxygens (including phenoxy) is 1. The Hall–Kier alpha value is -3.78. The van der Waals surface area contributed by atoms with Gasteiger partial charge in [0.25, 0.3) is 0 Å². The van der Waals surface area contributed by atoms with Crippen molar-refractivity contribution in [2.45, 2.75) is 83.3 Å². The van der Waals surface area contributed by atoms with Crippen LogP contribution in [-0.2, 0) is 28.3 Å². The minimum Gasteiger partial charge on any atom is -0.444 e. The van der Waals surface area contributed by atoms with Crippen molar-refractivity contribution in [3.8, 4) is 0 Å². The maximum absolute atomic E-state index is 13.9. The van der Waals surface area contributed by atoms with Crippen LogP contribution in [0, 0.1) is 5.92 Å². The van der Waals surface area contributed by atoms with Crippen molar-refractivity contribution >= 4 is 23.6 Å². The fourth-order valence-corrected chi connectivity index (χ4v) is 5.62. The number of hydrogen-bond donors (Lipinski definition) is 2. The first-order chi connectivity index (χ1) is 21.5. The molecule has 9 nitrogen and oxygen atoms in total. The Bertz CT molecular complexity index is 1340. The van der Waals surface area contributed by atoms with Crippen LogP contribution in [0.25, 0.3) is 0 Å². The molecule has 4 rings (SSSR count). The van der Waals surface area contributed by atoms with Gasteiger partial charge < -0.3 is 25.2 Å². The molecule has 254 valence electrons. The quantitative estimate of drug-likeness (QED) is 0.320. The summed E-state index contributed by atoms with van der Waals surface area (Å²) < 4.78 is 85.4. The SMILES string of the molecule is CC(C)(C)OC(=O)NCCC1CCN(c2cc(N3CCC[C@H]3C(=O)NCCc3ccc(C(F)(F)F)cc3)nc(C(F)(F)F)n2)CC1. The molecule has 2 fully saturated rings. The summed E-state index contributed by atoms with van der Waals surface area (Å²) in [5, 5.41) is 5.50. The lowest BCUT2D eigenvalue weighted by molar-refractivity contribution is -0.144. The molecule has 1 atom stereocenters. The zero-order valence-electron chi connectivity index (χ0n) is 26.1. The molecule has 2 aliphatic rings. The number of anilines is 2. The van der Waals surface area contributed by atoms with Gasteiger partial charge in [-0.25, -0.2) is 14.8 Å². The zero-order chi connectivity index (χ0) is 33.7. The molecule has 0 bridgehead atoms. The van der Waals surface area contributed by atoms with Gasteiger partial charge in [-0.15, -0.1) is 0 Å². The van der Waals surface area contributed by atoms with E-state index >= 15 is 0 Å². The van der Waals surface area contributed by atoms with Crippen LogP contribution in [0.1, 0.15) is 69.8 Å². The van der Waals surface area contributed by atoms with E-state index in [1.807, 2.05) is 0 Å². The second-order valence-electron chi connectivity index (χ2n) is 12.6. The van der Waals surface area contributed by atoms with E-state index in [1.54, 1.807) is 30.6 Å². The van der Waals surface area contributed by atoms with Crippen LogP contribution in [0.2, 0.25) is 0 Å². The average molecular weight is 659 g/mol. The second-order valence-corrected chi connectivity index (χ2v) is 12.6. The Morgan fingerprint density at radius 2 is 1.52 bits per heavy atom. The maximum Gasteiger partial charge on any atom is 0.451 e. The molecule has 0 unspecified atom stereocenters. The Morgan fingerprint density at radius 3 is 2.13 bits per heavy atom. The van der Waals surface area contributed by atoms with E-state index in [4.69, 9.17) is 4.74 Å². The lowest BCUT2D eigenvalue weighted by Gasteiger charge is -2.34. The Kier molecular flexibility index (Phi) is 10.9. The number of carbonyl (C=O) groups excluding carboxylic acids is 2. The summed E-state index contributed by atoms with van der Waals surface area (Å²) >= 11 is 0. The van der Waals surface area contributed by atoms with E-state index in [9.17, 15) is 35.9 Å². The summed E-state index contributed by atoms with van der Waals surface area (Å²) in [6.07, 6.45) is -6.35. The van der Waals surface area contributed by atoms with Crippen LogP contribution in [0.3, 0.4) is 0 Å². The van der Waals surface area contributed by atoms with Crippen molar-refractivity contribution in [3.63, 3.8) is 0 Å². The minimum atomic E-state index is -4.80. The number of nitrogens with one attached hydrogen (secondary N) is 2. The fraction of sp³-hybridized carbons (Fsp3) is 0.613. The van der Waals surface area contributed by atoms with Crippen LogP contribution < -0.4 is 20.4 Å². The van der Waals surface area contributed by atoms with Gasteiger partial charge >= 0.3 is 18.4 Å². The largest absolute Gasteiger partial charge is 0.451 e. The molecule has 0 saturated carbocycles. The van der Waals surface area contributed by atoms with E-state index in [0.29, 0.717) is 70.3 Å². The van der Waals surface area contributed by atoms with Crippen LogP contribution in [-0.4, -0.2) is 66.3 Å². The van der Waals surface area contributed by atoms with Crippen molar-refractivity contribution in [1.29, 1.82) is 0 Å². The van der Waals surface area contributed by atoms with Crippen LogP contribution >= 0.6 is 0 Å². The number of hydrogen-bond acceptors (Lipinski definition) is 7. The van der Waals surface area contributed by atoms with E-state index in [0.717, 1.165) is 12.1 Å². The van der Waals surface area contributed by atoms with Gasteiger partial charge in [0, 0.05) is 38.8 Å². The smallest absolute Gasteiger partial charge is 0.444 e. The van der Waals surface area contributed by atoms with E-state index in [2.05, 4.69) is 20.6 Å². The van der Waals surface area contributed by atoms with Crippen molar-refractivity contribution in [2.24, 2.45) is 5.92 Å². The Morgan fingerprint density at radius 1 is 0.870 bits per heavy atom. The molecule has 2 aromatic rings. The summed E-state index contributed by atoms with van der Waals surface area (Å²) in [5.41, 5.74) is -0.755. The number of halogens is 6. The third kappa shape index (κ3) is 9.86. The van der Waals surface area contributed by atoms with Gasteiger partial charge in [0.1, 0.15) is 23.3 Å². The topological polar surface area (TPSA) is 99.7 Å². The number of amides is 2. The maximum atomic E-state index is 13.9. The van der Waals surface area contributed by atoms with Crippen molar-refractivity contribution in [2.75, 3.05) is 42.5 Å². The third-order valence-electron chi connectivity index (χ3n) is 7.96. The number of alkyl halides is 6. The number of benzene rings is 1. The molecule has 15 heteroatoms. The van der Waals surface area contributed by atoms with E-state index in [1.165, 1.54) is 18.2 Å². The molecule has 3 heterocycles. The number of carbonyl (C=O) groups is 2. The van der Waals surface area contributed by atoms with Gasteiger partial charge in [0.05, 0.1) is 5.56 Å². The predicted molar refractivity (Wildman–Crippen MR) is 159 cm³/mol. The average Bonchev–Trinajstić information content (AvgIpc) is 3.46. The molecule has 46 heavy (non-hydrogen) atoms. The second kappa shape index (κ2) is 14.3. The molecule has 2 aliphatic heterocycles. The number of alkyl carbamates (subject to hydrolysis) is 1. The van der Waals surface area contributed by atoms with Gasteiger partial charge in [-0.1, -0.05) is 12.1 Å². The molecule has 2 amide bonds. The first-order valence-corrected chi connectivity index (χ1v) is 15.4. The summed E-state index contributed by atoms with van der Waals surface area (Å²) in [5.74, 6) is -1.25. The highest BCUT2D eigenvalue weighted by atomic mass is 19.4. The summed E-state index contributed by atoms with van der Waals surface area (Å²) in [4.78, 5) is 36.0. The summed E-state index contributed by atoms with van der Waals surface area (Å²) in [6, 6.07) is 5.40. The monoisotopic (exact) mass is 658 g/mol. The lowest BCUT2D eigenvalue weighted by atomic mass is 9.93. The minimum absolute atomic E-state index is 0.0152. The van der Waals surface area contributed by atoms with Gasteiger partial charge in [-0.2, -0.15) is 26.3 Å². The Labute approximate surface area is 264 Å². The molecule has 1 aromatic heterocycles. The van der Waals surface area contributed by atoms with Gasteiger partial charge in [-0.05, 0) is 82.9 Å². The molecule has 1 aromatic carbocycles. The van der Waals surface area contributed by atoms with Crippen LogP contribution in [0.4, 0.5) is 42.8 Å². The first-order valence-electron chi connectivity index (χ1n) is 15.4. The van der Waals surface area contributed by atoms with Gasteiger partial charge in [-0.3, -0.25) is 4.79 Å². The third-order valence-corrected chi connectivity index (χ3v) is 7.96. The number of aromatic nitrogens is 2. The number of piperidine rings is 1. The molecular formula is C31H40F6N6O3. The van der Waals surface area contributed by atoms with Gasteiger partial charge in [0.15, 0.2) is 0 Å².